The summed E-state index contributed by atoms with van der Waals surface area (Å²) in [5.74, 6) is 0.925. The molecular weight excluding hydrogens is 593 g/mol. The van der Waals surface area contributed by atoms with Crippen molar-refractivity contribution in [1.29, 1.82) is 0 Å². The predicted molar refractivity (Wildman–Crippen MR) is 195 cm³/mol. The zero-order valence-electron chi connectivity index (χ0n) is 23.3. The van der Waals surface area contributed by atoms with Crippen molar-refractivity contribution in [2.75, 3.05) is 4.90 Å². The number of pyridine rings is 1. The van der Waals surface area contributed by atoms with Gasteiger partial charge in [0, 0.05) is 67.2 Å². The number of aromatic nitrogens is 1. The largest absolute Gasteiger partial charge is 0.295 e. The van der Waals surface area contributed by atoms with Crippen LogP contribution in [0.15, 0.2) is 133 Å². The van der Waals surface area contributed by atoms with Gasteiger partial charge in [-0.2, -0.15) is 0 Å². The second-order valence-corrected chi connectivity index (χ2v) is 14.3. The first-order valence-corrected chi connectivity index (χ1v) is 17.1. The van der Waals surface area contributed by atoms with Crippen molar-refractivity contribution in [3.05, 3.63) is 133 Å². The molecule has 44 heavy (non-hydrogen) atoms. The first-order chi connectivity index (χ1) is 21.8. The molecule has 4 heterocycles. The van der Waals surface area contributed by atoms with Crippen LogP contribution in [0, 0.1) is 0 Å². The van der Waals surface area contributed by atoms with E-state index in [9.17, 15) is 0 Å². The highest BCUT2D eigenvalue weighted by Gasteiger charge is 2.19. The van der Waals surface area contributed by atoms with E-state index in [1.165, 1.54) is 66.6 Å². The van der Waals surface area contributed by atoms with Crippen LogP contribution >= 0.6 is 34.0 Å². The van der Waals surface area contributed by atoms with Gasteiger partial charge in [-0.15, -0.1) is 34.0 Å². The number of nitrogens with zero attached hydrogens (tertiary/aromatic N) is 2. The fourth-order valence-electron chi connectivity index (χ4n) is 6.62. The van der Waals surface area contributed by atoms with Crippen molar-refractivity contribution in [3.8, 4) is 0 Å². The molecule has 0 spiro atoms. The maximum Gasteiger partial charge on any atom is 0.139 e. The van der Waals surface area contributed by atoms with E-state index in [0.29, 0.717) is 0 Å². The van der Waals surface area contributed by atoms with Gasteiger partial charge in [0.1, 0.15) is 10.6 Å². The molecule has 0 unspecified atom stereocenters. The van der Waals surface area contributed by atoms with E-state index in [1.54, 1.807) is 11.3 Å². The Hall–Kier alpha value is -4.81. The molecule has 0 aliphatic rings. The second-order valence-electron chi connectivity index (χ2n) is 11.2. The molecule has 0 radical (unpaired) electrons. The molecule has 0 fully saturated rings. The Labute approximate surface area is 264 Å². The molecule has 10 aromatic rings. The molecule has 2 nitrogen and oxygen atoms in total. The fourth-order valence-corrected chi connectivity index (χ4v) is 10.1. The van der Waals surface area contributed by atoms with Crippen LogP contribution < -0.4 is 4.90 Å². The molecule has 0 N–H and O–H groups in total. The Bertz CT molecular complexity index is 2630. The lowest BCUT2D eigenvalue weighted by Crippen LogP contribution is -2.11. The molecule has 5 heteroatoms. The van der Waals surface area contributed by atoms with Crippen molar-refractivity contribution < 1.29 is 0 Å². The lowest BCUT2D eigenvalue weighted by Gasteiger charge is -2.24. The highest BCUT2D eigenvalue weighted by atomic mass is 32.1. The van der Waals surface area contributed by atoms with Crippen LogP contribution in [0.4, 0.5) is 17.2 Å². The van der Waals surface area contributed by atoms with Crippen LogP contribution in [0.1, 0.15) is 0 Å². The fraction of sp³-hybridized carbons (Fsp3) is 0. The molecule has 0 aliphatic carbocycles. The lowest BCUT2D eigenvalue weighted by molar-refractivity contribution is 1.22. The summed E-state index contributed by atoms with van der Waals surface area (Å²) in [5, 5.41) is 10.3. The van der Waals surface area contributed by atoms with Gasteiger partial charge >= 0.3 is 0 Å². The minimum atomic E-state index is 0.925. The highest BCUT2D eigenvalue weighted by Crippen LogP contribution is 2.44. The van der Waals surface area contributed by atoms with E-state index in [4.69, 9.17) is 4.98 Å². The van der Waals surface area contributed by atoms with Gasteiger partial charge in [0.2, 0.25) is 0 Å². The van der Waals surface area contributed by atoms with E-state index in [2.05, 4.69) is 138 Å². The molecule has 10 rings (SSSR count). The second kappa shape index (κ2) is 9.34. The Morgan fingerprint density at radius 2 is 0.955 bits per heavy atom. The third-order valence-corrected chi connectivity index (χ3v) is 12.1. The smallest absolute Gasteiger partial charge is 0.139 e. The first kappa shape index (κ1) is 24.6. The van der Waals surface area contributed by atoms with E-state index >= 15 is 0 Å². The van der Waals surface area contributed by atoms with E-state index in [-0.39, 0.29) is 0 Å². The van der Waals surface area contributed by atoms with Crippen LogP contribution in [0.25, 0.3) is 71.4 Å². The van der Waals surface area contributed by atoms with E-state index in [0.717, 1.165) is 22.0 Å². The summed E-state index contributed by atoms with van der Waals surface area (Å²) in [4.78, 5) is 8.76. The summed E-state index contributed by atoms with van der Waals surface area (Å²) in [5.41, 5.74) is 2.23. The first-order valence-electron chi connectivity index (χ1n) is 14.6. The Morgan fingerprint density at radius 3 is 1.64 bits per heavy atom. The molecule has 0 atom stereocenters. The topological polar surface area (TPSA) is 16.1 Å². The van der Waals surface area contributed by atoms with Gasteiger partial charge in [0.25, 0.3) is 0 Å². The summed E-state index contributed by atoms with van der Waals surface area (Å²) in [6.07, 6.45) is 0. The zero-order chi connectivity index (χ0) is 28.8. The van der Waals surface area contributed by atoms with Gasteiger partial charge in [-0.25, -0.2) is 4.98 Å². The molecule has 0 saturated heterocycles. The number of fused-ring (bicyclic) bond motifs is 11. The maximum atomic E-state index is 5.37. The maximum absolute atomic E-state index is 5.37. The van der Waals surface area contributed by atoms with Crippen molar-refractivity contribution in [1.82, 2.24) is 4.98 Å². The monoisotopic (exact) mass is 614 g/mol. The van der Waals surface area contributed by atoms with Crippen LogP contribution in [0.2, 0.25) is 0 Å². The molecule has 0 saturated carbocycles. The summed E-state index contributed by atoms with van der Waals surface area (Å²) in [6.45, 7) is 0. The minimum absolute atomic E-state index is 0.925. The van der Waals surface area contributed by atoms with E-state index in [1.807, 2.05) is 22.7 Å². The SMILES string of the molecule is c1ccc2c(c1)ccc1c3ccc(N(c4ccc5c(c4)sc4ccccc45)c4ccc5c(c4)sc4ccccc45)nc3sc21. The molecule has 0 aliphatic heterocycles. The minimum Gasteiger partial charge on any atom is -0.295 e. The van der Waals surface area contributed by atoms with Gasteiger partial charge in [0.15, 0.2) is 0 Å². The van der Waals surface area contributed by atoms with Crippen LogP contribution in [0.5, 0.6) is 0 Å². The molecule has 0 amide bonds. The summed E-state index contributed by atoms with van der Waals surface area (Å²) in [6, 6.07) is 48.7. The van der Waals surface area contributed by atoms with Crippen molar-refractivity contribution >= 4 is 123 Å². The summed E-state index contributed by atoms with van der Waals surface area (Å²) < 4.78 is 6.50. The number of thiophene rings is 3. The van der Waals surface area contributed by atoms with E-state index < -0.39 is 0 Å². The van der Waals surface area contributed by atoms with Crippen molar-refractivity contribution in [2.45, 2.75) is 0 Å². The molecule has 4 aromatic heterocycles. The third kappa shape index (κ3) is 3.61. The average Bonchev–Trinajstić information content (AvgIpc) is 3.75. The van der Waals surface area contributed by atoms with Crippen molar-refractivity contribution in [3.63, 3.8) is 0 Å². The molecule has 206 valence electrons. The van der Waals surface area contributed by atoms with Gasteiger partial charge < -0.3 is 0 Å². The standard InChI is InChI=1S/C39H22N2S3/c1-2-8-26-23(7-1)13-16-31-32-19-20-37(40-39(32)44-38(26)31)41(24-14-17-29-27-9-3-5-11-33(27)42-35(29)21-24)25-15-18-30-28-10-4-6-12-34(28)43-36(30)22-25/h1-22H. The van der Waals surface area contributed by atoms with Crippen LogP contribution in [-0.2, 0) is 0 Å². The van der Waals surface area contributed by atoms with Crippen LogP contribution in [0.3, 0.4) is 0 Å². The number of rotatable bonds is 3. The quantitative estimate of drug-likeness (QED) is 0.197. The Balaban J connectivity index is 1.21. The predicted octanol–water partition coefficient (Wildman–Crippen LogP) is 12.8. The Kier molecular flexibility index (Phi) is 5.23. The van der Waals surface area contributed by atoms with Gasteiger partial charge in [-0.05, 0) is 59.3 Å². The van der Waals surface area contributed by atoms with Crippen molar-refractivity contribution in [2.24, 2.45) is 0 Å². The Morgan fingerprint density at radius 1 is 0.409 bits per heavy atom. The number of hydrogen-bond donors (Lipinski definition) is 0. The molecular formula is C39H22N2S3. The molecule has 0 bridgehead atoms. The number of hydrogen-bond acceptors (Lipinski definition) is 5. The number of anilines is 3. The van der Waals surface area contributed by atoms with Gasteiger partial charge in [0.05, 0.1) is 0 Å². The van der Waals surface area contributed by atoms with Crippen LogP contribution in [-0.4, -0.2) is 4.98 Å². The third-order valence-electron chi connectivity index (χ3n) is 8.68. The zero-order valence-corrected chi connectivity index (χ0v) is 25.8. The molecule has 6 aromatic carbocycles. The highest BCUT2D eigenvalue weighted by molar-refractivity contribution is 7.26. The summed E-state index contributed by atoms with van der Waals surface area (Å²) in [7, 11) is 0. The average molecular weight is 615 g/mol. The number of benzene rings is 6. The summed E-state index contributed by atoms with van der Waals surface area (Å²) >= 11 is 5.50. The lowest BCUT2D eigenvalue weighted by atomic mass is 10.1. The van der Waals surface area contributed by atoms with Gasteiger partial charge in [-0.3, -0.25) is 4.90 Å². The van der Waals surface area contributed by atoms with Gasteiger partial charge in [-0.1, -0.05) is 84.9 Å². The normalized spacial score (nSPS) is 12.1.